The van der Waals surface area contributed by atoms with Crippen LogP contribution in [0, 0.1) is 17.8 Å². The third-order valence-electron chi connectivity index (χ3n) is 11.2. The number of rotatable bonds is 12. The van der Waals surface area contributed by atoms with Gasteiger partial charge in [0.05, 0.1) is 49.2 Å². The van der Waals surface area contributed by atoms with Crippen molar-refractivity contribution < 1.29 is 28.9 Å². The number of hydrogen-bond acceptors (Lipinski definition) is 9. The second kappa shape index (κ2) is 18.0. The van der Waals surface area contributed by atoms with Crippen LogP contribution in [0.5, 0.6) is 0 Å². The van der Waals surface area contributed by atoms with Crippen molar-refractivity contribution in [1.29, 1.82) is 0 Å². The van der Waals surface area contributed by atoms with Gasteiger partial charge < -0.3 is 34.7 Å². The van der Waals surface area contributed by atoms with Crippen molar-refractivity contribution in [2.75, 3.05) is 27.3 Å². The number of benzene rings is 3. The number of aromatic nitrogens is 4. The summed E-state index contributed by atoms with van der Waals surface area (Å²) in [5.41, 5.74) is 4.48. The van der Waals surface area contributed by atoms with E-state index in [0.717, 1.165) is 64.9 Å². The predicted octanol–water partition coefficient (Wildman–Crippen LogP) is 6.97. The molecule has 4 atom stereocenters. The summed E-state index contributed by atoms with van der Waals surface area (Å²) in [6, 6.07) is 22.1. The van der Waals surface area contributed by atoms with E-state index >= 15 is 0 Å². The Morgan fingerprint density at radius 1 is 0.932 bits per heavy atom. The van der Waals surface area contributed by atoms with Gasteiger partial charge in [-0.1, -0.05) is 75.1 Å². The molecule has 2 aliphatic heterocycles. The fourth-order valence-electron chi connectivity index (χ4n) is 8.11. The maximum absolute atomic E-state index is 14.5. The van der Waals surface area contributed by atoms with Crippen LogP contribution in [0.2, 0.25) is 0 Å². The van der Waals surface area contributed by atoms with E-state index in [0.29, 0.717) is 30.9 Å². The first-order chi connectivity index (χ1) is 28.6. The number of nitrogens with zero attached hydrogens (tertiary/aromatic N) is 5. The molecular formula is C45H50N8O6. The molecule has 0 bridgehead atoms. The van der Waals surface area contributed by atoms with Gasteiger partial charge in [-0.05, 0) is 79.5 Å². The minimum atomic E-state index is -1.29. The van der Waals surface area contributed by atoms with Gasteiger partial charge in [-0.15, -0.1) is 0 Å². The lowest BCUT2D eigenvalue weighted by Gasteiger charge is -2.37. The highest BCUT2D eigenvalue weighted by molar-refractivity contribution is 5.92. The molecule has 5 aromatic rings. The lowest BCUT2D eigenvalue weighted by atomic mass is 9.85. The van der Waals surface area contributed by atoms with Gasteiger partial charge in [0.25, 0.3) is 5.91 Å². The second-order valence-electron chi connectivity index (χ2n) is 15.2. The summed E-state index contributed by atoms with van der Waals surface area (Å²) in [6.07, 6.45) is 5.88. The zero-order chi connectivity index (χ0) is 41.5. The fraction of sp³-hybridized carbons (Fsp3) is 0.378. The maximum atomic E-state index is 14.5. The number of aliphatic imine (C=N–C) groups is 1. The Morgan fingerprint density at radius 3 is 2.32 bits per heavy atom. The third kappa shape index (κ3) is 8.56. The molecule has 0 saturated carbocycles. The Hall–Kier alpha value is -6.46. The van der Waals surface area contributed by atoms with Crippen LogP contribution >= 0.6 is 0 Å². The number of ether oxygens (including phenoxy) is 1. The Bertz CT molecular complexity index is 2360. The number of amides is 3. The average molecular weight is 799 g/mol. The number of hydrogen-bond donors (Lipinski definition) is 3. The smallest absolute Gasteiger partial charge is 0.407 e. The molecule has 14 heteroatoms. The quantitative estimate of drug-likeness (QED) is 0.0400. The fourth-order valence-corrected chi connectivity index (χ4v) is 8.11. The van der Waals surface area contributed by atoms with E-state index in [1.165, 1.54) is 20.6 Å². The van der Waals surface area contributed by atoms with Crippen molar-refractivity contribution in [2.45, 2.75) is 76.5 Å². The molecular weight excluding hydrogens is 749 g/mol. The minimum Gasteiger partial charge on any atom is -0.453 e. The van der Waals surface area contributed by atoms with Crippen LogP contribution < -0.4 is 5.32 Å². The van der Waals surface area contributed by atoms with Crippen molar-refractivity contribution in [3.05, 3.63) is 107 Å². The largest absolute Gasteiger partial charge is 0.453 e. The summed E-state index contributed by atoms with van der Waals surface area (Å²) in [5.74, 6) is 7.71. The van der Waals surface area contributed by atoms with E-state index in [2.05, 4.69) is 42.0 Å². The molecule has 0 spiro atoms. The highest BCUT2D eigenvalue weighted by atomic mass is 17.2. The van der Waals surface area contributed by atoms with Gasteiger partial charge in [-0.25, -0.2) is 19.8 Å². The van der Waals surface area contributed by atoms with E-state index in [1.807, 2.05) is 103 Å². The molecule has 2 fully saturated rings. The van der Waals surface area contributed by atoms with Crippen LogP contribution in [0.1, 0.15) is 93.3 Å². The van der Waals surface area contributed by atoms with Gasteiger partial charge in [-0.3, -0.25) is 9.59 Å². The minimum absolute atomic E-state index is 0.0186. The van der Waals surface area contributed by atoms with Gasteiger partial charge >= 0.3 is 6.09 Å². The highest BCUT2D eigenvalue weighted by Gasteiger charge is 2.47. The van der Waals surface area contributed by atoms with E-state index < -0.39 is 17.7 Å². The summed E-state index contributed by atoms with van der Waals surface area (Å²) >= 11 is 0. The number of H-pyrrole nitrogens is 2. The topological polar surface area (TPSA) is 167 Å². The maximum Gasteiger partial charge on any atom is 0.407 e. The molecule has 0 radical (unpaired) electrons. The van der Waals surface area contributed by atoms with Gasteiger partial charge in [-0.2, -0.15) is 4.89 Å². The van der Waals surface area contributed by atoms with Crippen molar-refractivity contribution in [1.82, 2.24) is 35.1 Å². The standard InChI is InChI=1S/C45H50N8O6/c1-6-45(51-44(56)57-4,33-12-8-7-9-13-33)43(55)53-25-11-15-38(53)41-48-34-23-20-31(26-35(34)49-41)17-16-30-18-21-32(22-19-30)36-27-46-40(50-36)37-14-10-24-52(37)42(54)39(29(2)3)47-28-59-58-5/h7-9,12-13,18-23,26-29,37-39H,6,10-11,14-15,24-25H2,1-5H3,(H,46,50)(H,48,49)(H,51,56)/b47-28-/t37-,38-,39-,45?/m0/s1. The van der Waals surface area contributed by atoms with Crippen molar-refractivity contribution >= 4 is 35.3 Å². The van der Waals surface area contributed by atoms with Crippen LogP contribution in [0.15, 0.2) is 84.0 Å². The highest BCUT2D eigenvalue weighted by Crippen LogP contribution is 2.38. The van der Waals surface area contributed by atoms with Crippen LogP contribution in [0.25, 0.3) is 22.3 Å². The SMILES string of the molecule is CCC(NC(=O)OC)(C(=O)N1CCC[C@H]1c1nc2ccc(C#Cc3ccc(-c4cnc([C@@H]5CCCN5C(=O)[C@@H](/N=C\OOC)C(C)C)[nH]4)cc3)cc2[nH]1)c1ccccc1. The molecule has 3 amide bonds. The lowest BCUT2D eigenvalue weighted by molar-refractivity contribution is -0.188. The number of alkyl carbamates (subject to hydrolysis) is 1. The van der Waals surface area contributed by atoms with Crippen LogP contribution in [-0.2, 0) is 29.6 Å². The zero-order valence-electron chi connectivity index (χ0n) is 34.0. The van der Waals surface area contributed by atoms with Gasteiger partial charge in [0.15, 0.2) is 0 Å². The summed E-state index contributed by atoms with van der Waals surface area (Å²) in [5, 5.41) is 2.87. The number of nitrogens with one attached hydrogen (secondary N) is 3. The first-order valence-corrected chi connectivity index (χ1v) is 20.1. The first kappa shape index (κ1) is 40.7. The van der Waals surface area contributed by atoms with Crippen LogP contribution in [0.4, 0.5) is 4.79 Å². The molecule has 1 unspecified atom stereocenters. The number of methoxy groups -OCH3 is 1. The summed E-state index contributed by atoms with van der Waals surface area (Å²) in [7, 11) is 2.68. The molecule has 3 N–H and O–H groups in total. The Labute approximate surface area is 343 Å². The number of aromatic amines is 2. The molecule has 3 aromatic carbocycles. The lowest BCUT2D eigenvalue weighted by Crippen LogP contribution is -2.57. The molecule has 59 heavy (non-hydrogen) atoms. The molecule has 2 saturated heterocycles. The molecule has 2 aromatic heterocycles. The summed E-state index contributed by atoms with van der Waals surface area (Å²) in [6.45, 7) is 6.98. The monoisotopic (exact) mass is 798 g/mol. The molecule has 4 heterocycles. The van der Waals surface area contributed by atoms with Gasteiger partial charge in [0.1, 0.15) is 23.2 Å². The zero-order valence-corrected chi connectivity index (χ0v) is 34.0. The molecule has 0 aliphatic carbocycles. The second-order valence-corrected chi connectivity index (χ2v) is 15.2. The molecule has 2 aliphatic rings. The van der Waals surface area contributed by atoms with Crippen molar-refractivity contribution in [3.63, 3.8) is 0 Å². The summed E-state index contributed by atoms with van der Waals surface area (Å²) < 4.78 is 4.95. The van der Waals surface area contributed by atoms with Crippen LogP contribution in [0.3, 0.4) is 0 Å². The third-order valence-corrected chi connectivity index (χ3v) is 11.2. The van der Waals surface area contributed by atoms with Crippen LogP contribution in [-0.4, -0.2) is 87.4 Å². The Morgan fingerprint density at radius 2 is 1.63 bits per heavy atom. The Kier molecular flexibility index (Phi) is 12.4. The Balaban J connectivity index is 1.04. The predicted molar refractivity (Wildman–Crippen MR) is 223 cm³/mol. The van der Waals surface area contributed by atoms with Crippen molar-refractivity contribution in [2.24, 2.45) is 10.9 Å². The summed E-state index contributed by atoms with van der Waals surface area (Å²) in [4.78, 5) is 74.5. The number of fused-ring (bicyclic) bond motifs is 1. The van der Waals surface area contributed by atoms with Gasteiger partial charge in [0.2, 0.25) is 12.3 Å². The number of likely N-dealkylation sites (tertiary alicyclic amines) is 2. The normalized spacial score (nSPS) is 18.1. The molecule has 14 nitrogen and oxygen atoms in total. The molecule has 306 valence electrons. The number of imidazole rings is 2. The van der Waals surface area contributed by atoms with E-state index in [-0.39, 0.29) is 29.8 Å². The first-order valence-electron chi connectivity index (χ1n) is 20.1. The average Bonchev–Trinajstić information content (AvgIpc) is 4.10. The number of carbonyl (C=O) groups is 3. The van der Waals surface area contributed by atoms with E-state index in [9.17, 15) is 14.4 Å². The van der Waals surface area contributed by atoms with Crippen molar-refractivity contribution in [3.8, 4) is 23.1 Å². The molecule has 7 rings (SSSR count). The number of carbonyl (C=O) groups excluding carboxylic acids is 3. The van der Waals surface area contributed by atoms with E-state index in [1.54, 1.807) is 6.20 Å². The van der Waals surface area contributed by atoms with E-state index in [4.69, 9.17) is 14.6 Å². The van der Waals surface area contributed by atoms with Gasteiger partial charge in [0, 0.05) is 24.2 Å².